The van der Waals surface area contributed by atoms with E-state index >= 15 is 0 Å². The van der Waals surface area contributed by atoms with Gasteiger partial charge in [0.15, 0.2) is 0 Å². The van der Waals surface area contributed by atoms with Crippen molar-refractivity contribution in [2.24, 2.45) is 0 Å². The largest absolute Gasteiger partial charge is 0.394 e. The quantitative estimate of drug-likeness (QED) is 0.714. The summed E-state index contributed by atoms with van der Waals surface area (Å²) in [4.78, 5) is 15.9. The van der Waals surface area contributed by atoms with E-state index in [0.717, 1.165) is 0 Å². The number of carbonyl (C=O) groups is 1. The van der Waals surface area contributed by atoms with Crippen LogP contribution in [0.3, 0.4) is 0 Å². The first kappa shape index (κ1) is 14.0. The number of nitrogens with zero attached hydrogens (tertiary/aromatic N) is 1. The molecule has 1 atom stereocenters. The predicted molar refractivity (Wildman–Crippen MR) is 73.2 cm³/mol. The van der Waals surface area contributed by atoms with E-state index in [-0.39, 0.29) is 18.6 Å². The van der Waals surface area contributed by atoms with Crippen LogP contribution < -0.4 is 10.6 Å². The van der Waals surface area contributed by atoms with E-state index in [1.54, 1.807) is 19.2 Å². The third-order valence-corrected chi connectivity index (χ3v) is 2.50. The summed E-state index contributed by atoms with van der Waals surface area (Å²) < 4.78 is 0.689. The Labute approximate surface area is 113 Å². The molecular formula is C10H12BrN3O2S. The number of anilines is 1. The number of hydrogen-bond donors (Lipinski definition) is 3. The lowest BCUT2D eigenvalue weighted by atomic mass is 10.2. The van der Waals surface area contributed by atoms with Crippen molar-refractivity contribution in [1.82, 2.24) is 10.3 Å². The van der Waals surface area contributed by atoms with Gasteiger partial charge in [-0.05, 0) is 28.9 Å². The Morgan fingerprint density at radius 1 is 1.76 bits per heavy atom. The Morgan fingerprint density at radius 3 is 3.06 bits per heavy atom. The standard InChI is InChI=1S/C10H12BrN3O2S/c1-6(4-15)14-10(16)8-2-7(11)3-12-9(8)13-5-17/h2-3,5-6,15H,4H2,1H3,(H,14,16)(H,12,13,17). The molecule has 3 N–H and O–H groups in total. The smallest absolute Gasteiger partial charge is 0.255 e. The maximum absolute atomic E-state index is 11.9. The Kier molecular flexibility index (Phi) is 5.46. The van der Waals surface area contributed by atoms with Gasteiger partial charge in [-0.15, -0.1) is 0 Å². The van der Waals surface area contributed by atoms with Gasteiger partial charge in [0.25, 0.3) is 5.91 Å². The van der Waals surface area contributed by atoms with Gasteiger partial charge >= 0.3 is 0 Å². The molecule has 7 heteroatoms. The molecule has 1 rings (SSSR count). The number of aliphatic hydroxyl groups excluding tert-OH is 1. The minimum Gasteiger partial charge on any atom is -0.394 e. The van der Waals surface area contributed by atoms with Crippen molar-refractivity contribution in [2.45, 2.75) is 13.0 Å². The van der Waals surface area contributed by atoms with Crippen molar-refractivity contribution in [1.29, 1.82) is 0 Å². The van der Waals surface area contributed by atoms with E-state index in [2.05, 4.69) is 43.8 Å². The molecule has 1 amide bonds. The molecule has 1 unspecified atom stereocenters. The number of hydrogen-bond acceptors (Lipinski definition) is 4. The van der Waals surface area contributed by atoms with Gasteiger partial charge < -0.3 is 15.7 Å². The number of carbonyl (C=O) groups excluding carboxylic acids is 1. The lowest BCUT2D eigenvalue weighted by Gasteiger charge is -2.13. The molecule has 0 radical (unpaired) electrons. The molecule has 1 aromatic rings. The highest BCUT2D eigenvalue weighted by atomic mass is 79.9. The molecule has 0 aromatic carbocycles. The number of halogens is 1. The van der Waals surface area contributed by atoms with Gasteiger partial charge in [-0.1, -0.05) is 12.2 Å². The Hall–Kier alpha value is -1.05. The third-order valence-electron chi connectivity index (χ3n) is 1.95. The average Bonchev–Trinajstić information content (AvgIpc) is 2.31. The van der Waals surface area contributed by atoms with Crippen LogP contribution in [0, 0.1) is 0 Å². The number of nitrogens with one attached hydrogen (secondary N) is 2. The minimum absolute atomic E-state index is 0.122. The maximum atomic E-state index is 11.9. The third kappa shape index (κ3) is 4.03. The Morgan fingerprint density at radius 2 is 2.47 bits per heavy atom. The summed E-state index contributed by atoms with van der Waals surface area (Å²) in [6, 6.07) is 1.31. The van der Waals surface area contributed by atoms with Crippen LogP contribution in [0.1, 0.15) is 17.3 Å². The van der Waals surface area contributed by atoms with Crippen LogP contribution in [0.15, 0.2) is 16.7 Å². The summed E-state index contributed by atoms with van der Waals surface area (Å²) >= 11 is 7.91. The first-order chi connectivity index (χ1) is 8.08. The molecule has 0 bridgehead atoms. The lowest BCUT2D eigenvalue weighted by Crippen LogP contribution is -2.35. The SMILES string of the molecule is CC(CO)NC(=O)c1cc(Br)cnc1NC=S. The molecular weight excluding hydrogens is 306 g/mol. The van der Waals surface area contributed by atoms with E-state index in [0.29, 0.717) is 15.9 Å². The Balaban J connectivity index is 2.97. The summed E-state index contributed by atoms with van der Waals surface area (Å²) in [7, 11) is 0. The fourth-order valence-corrected chi connectivity index (χ4v) is 1.57. The zero-order valence-corrected chi connectivity index (χ0v) is 11.5. The minimum atomic E-state index is -0.320. The van der Waals surface area contributed by atoms with Crippen molar-refractivity contribution in [3.8, 4) is 0 Å². The van der Waals surface area contributed by atoms with E-state index in [1.807, 2.05) is 0 Å². The van der Waals surface area contributed by atoms with Gasteiger partial charge in [0.05, 0.1) is 17.7 Å². The fourth-order valence-electron chi connectivity index (χ4n) is 1.13. The summed E-state index contributed by atoms with van der Waals surface area (Å²) in [5.74, 6) is 0.0607. The summed E-state index contributed by atoms with van der Waals surface area (Å²) in [6.45, 7) is 1.58. The molecule has 1 heterocycles. The normalized spacial score (nSPS) is 11.7. The molecule has 5 nitrogen and oxygen atoms in total. The second-order valence-corrected chi connectivity index (χ2v) is 4.52. The number of aliphatic hydroxyl groups is 1. The highest BCUT2D eigenvalue weighted by molar-refractivity contribution is 9.10. The van der Waals surface area contributed by atoms with Crippen LogP contribution >= 0.6 is 28.1 Å². The van der Waals surface area contributed by atoms with Crippen molar-refractivity contribution in [3.63, 3.8) is 0 Å². The van der Waals surface area contributed by atoms with Crippen molar-refractivity contribution < 1.29 is 9.90 Å². The number of pyridine rings is 1. The van der Waals surface area contributed by atoms with E-state index < -0.39 is 0 Å². The first-order valence-corrected chi connectivity index (χ1v) is 6.12. The number of rotatable bonds is 5. The van der Waals surface area contributed by atoms with Crippen LogP contribution in [-0.2, 0) is 0 Å². The maximum Gasteiger partial charge on any atom is 0.255 e. The molecule has 0 saturated heterocycles. The van der Waals surface area contributed by atoms with Gasteiger partial charge in [-0.25, -0.2) is 4.98 Å². The number of thiocarbonyl (C=S) groups is 1. The molecule has 0 spiro atoms. The van der Waals surface area contributed by atoms with Gasteiger partial charge in [-0.2, -0.15) is 0 Å². The molecule has 0 fully saturated rings. The van der Waals surface area contributed by atoms with Crippen LogP contribution in [0.5, 0.6) is 0 Å². The van der Waals surface area contributed by atoms with Crippen molar-refractivity contribution in [3.05, 3.63) is 22.3 Å². The van der Waals surface area contributed by atoms with Crippen molar-refractivity contribution >= 4 is 45.4 Å². The summed E-state index contributed by atoms with van der Waals surface area (Å²) in [6.07, 6.45) is 1.56. The molecule has 0 saturated carbocycles. The van der Waals surface area contributed by atoms with E-state index in [4.69, 9.17) is 5.11 Å². The number of amides is 1. The molecule has 1 aromatic heterocycles. The van der Waals surface area contributed by atoms with Crippen LogP contribution in [0.2, 0.25) is 0 Å². The second-order valence-electron chi connectivity index (χ2n) is 3.37. The van der Waals surface area contributed by atoms with E-state index in [9.17, 15) is 4.79 Å². The Bertz CT molecular complexity index is 428. The highest BCUT2D eigenvalue weighted by Gasteiger charge is 2.14. The van der Waals surface area contributed by atoms with Gasteiger partial charge in [-0.3, -0.25) is 4.79 Å². The lowest BCUT2D eigenvalue weighted by molar-refractivity contribution is 0.0923. The number of aromatic nitrogens is 1. The van der Waals surface area contributed by atoms with Crippen LogP contribution in [0.25, 0.3) is 0 Å². The van der Waals surface area contributed by atoms with Gasteiger partial charge in [0, 0.05) is 16.7 Å². The molecule has 17 heavy (non-hydrogen) atoms. The zero-order valence-electron chi connectivity index (χ0n) is 9.11. The monoisotopic (exact) mass is 317 g/mol. The molecule has 0 aliphatic rings. The second kappa shape index (κ2) is 6.63. The molecule has 0 aliphatic carbocycles. The summed E-state index contributed by atoms with van der Waals surface area (Å²) in [5, 5.41) is 14.2. The average molecular weight is 318 g/mol. The highest BCUT2D eigenvalue weighted by Crippen LogP contribution is 2.17. The van der Waals surface area contributed by atoms with Crippen LogP contribution in [-0.4, -0.2) is 34.1 Å². The topological polar surface area (TPSA) is 74.2 Å². The van der Waals surface area contributed by atoms with E-state index in [1.165, 1.54) is 5.49 Å². The van der Waals surface area contributed by atoms with Gasteiger partial charge in [0.1, 0.15) is 5.82 Å². The van der Waals surface area contributed by atoms with Crippen LogP contribution in [0.4, 0.5) is 5.82 Å². The zero-order chi connectivity index (χ0) is 12.8. The molecule has 92 valence electrons. The van der Waals surface area contributed by atoms with Crippen molar-refractivity contribution in [2.75, 3.05) is 11.9 Å². The van der Waals surface area contributed by atoms with Gasteiger partial charge in [0.2, 0.25) is 0 Å². The first-order valence-electron chi connectivity index (χ1n) is 4.86. The predicted octanol–water partition coefficient (Wildman–Crippen LogP) is 1.32. The fraction of sp³-hybridized carbons (Fsp3) is 0.300. The molecule has 0 aliphatic heterocycles. The summed E-state index contributed by atoms with van der Waals surface area (Å²) in [5.41, 5.74) is 1.64.